The van der Waals surface area contributed by atoms with Gasteiger partial charge in [-0.15, -0.1) is 0 Å². The van der Waals surface area contributed by atoms with E-state index < -0.39 is 5.91 Å². The third kappa shape index (κ3) is 5.72. The van der Waals surface area contributed by atoms with Crippen LogP contribution in [0, 0.1) is 0 Å². The highest BCUT2D eigenvalue weighted by Gasteiger charge is 2.11. The molecule has 0 aliphatic carbocycles. The topological polar surface area (TPSA) is 89.0 Å². The van der Waals surface area contributed by atoms with E-state index in [1.165, 1.54) is 20.2 Å². The van der Waals surface area contributed by atoms with Crippen LogP contribution in [-0.2, 0) is 4.79 Å². The molecule has 2 amide bonds. The van der Waals surface area contributed by atoms with Gasteiger partial charge in [-0.25, -0.2) is 5.43 Å². The lowest BCUT2D eigenvalue weighted by atomic mass is 10.2. The first-order valence-corrected chi connectivity index (χ1v) is 8.53. The normalized spacial score (nSPS) is 10.5. The molecule has 2 rings (SSSR count). The largest absolute Gasteiger partial charge is 0.491 e. The van der Waals surface area contributed by atoms with E-state index in [2.05, 4.69) is 15.8 Å². The van der Waals surface area contributed by atoms with Crippen molar-refractivity contribution >= 4 is 35.3 Å². The molecule has 0 bridgehead atoms. The Bertz CT molecular complexity index is 868. The molecule has 0 saturated heterocycles. The number of nitrogens with one attached hydrogen (secondary N) is 2. The number of rotatable bonds is 7. The van der Waals surface area contributed by atoms with Crippen LogP contribution in [0.4, 0.5) is 5.69 Å². The summed E-state index contributed by atoms with van der Waals surface area (Å²) in [6.07, 6.45) is 1.45. The molecule has 2 aromatic carbocycles. The number of amides is 2. The van der Waals surface area contributed by atoms with Crippen molar-refractivity contribution in [3.8, 4) is 11.5 Å². The van der Waals surface area contributed by atoms with Crippen LogP contribution in [0.1, 0.15) is 29.8 Å². The van der Waals surface area contributed by atoms with Crippen LogP contribution < -0.4 is 20.2 Å². The Morgan fingerprint density at radius 1 is 1.26 bits per heavy atom. The molecule has 8 heteroatoms. The lowest BCUT2D eigenvalue weighted by Crippen LogP contribution is -2.18. The average molecular weight is 390 g/mol. The molecule has 0 radical (unpaired) electrons. The molecule has 2 N–H and O–H groups in total. The van der Waals surface area contributed by atoms with Crippen molar-refractivity contribution in [2.24, 2.45) is 5.10 Å². The van der Waals surface area contributed by atoms with Gasteiger partial charge in [0.1, 0.15) is 0 Å². The van der Waals surface area contributed by atoms with Gasteiger partial charge in [-0.3, -0.25) is 9.59 Å². The lowest BCUT2D eigenvalue weighted by Gasteiger charge is -2.11. The average Bonchev–Trinajstić information content (AvgIpc) is 2.61. The van der Waals surface area contributed by atoms with E-state index >= 15 is 0 Å². The summed E-state index contributed by atoms with van der Waals surface area (Å²) in [5, 5.41) is 6.93. The number of anilines is 1. The molecule has 2 aromatic rings. The summed E-state index contributed by atoms with van der Waals surface area (Å²) in [6.45, 7) is 3.70. The van der Waals surface area contributed by atoms with Crippen molar-refractivity contribution in [3.63, 3.8) is 0 Å². The highest BCUT2D eigenvalue weighted by Crippen LogP contribution is 2.35. The fourth-order valence-corrected chi connectivity index (χ4v) is 2.59. The van der Waals surface area contributed by atoms with Crippen LogP contribution in [0.2, 0.25) is 5.02 Å². The van der Waals surface area contributed by atoms with E-state index in [1.54, 1.807) is 36.4 Å². The third-order valence-electron chi connectivity index (χ3n) is 3.36. The van der Waals surface area contributed by atoms with E-state index in [1.807, 2.05) is 6.92 Å². The summed E-state index contributed by atoms with van der Waals surface area (Å²) in [7, 11) is 1.51. The van der Waals surface area contributed by atoms with Gasteiger partial charge in [0, 0.05) is 18.2 Å². The van der Waals surface area contributed by atoms with Crippen molar-refractivity contribution in [2.45, 2.75) is 13.8 Å². The predicted octanol–water partition coefficient (Wildman–Crippen LogP) is 3.47. The number of halogens is 1. The van der Waals surface area contributed by atoms with Gasteiger partial charge in [-0.2, -0.15) is 5.10 Å². The molecular weight excluding hydrogens is 370 g/mol. The van der Waals surface area contributed by atoms with E-state index in [0.717, 1.165) is 0 Å². The number of carbonyl (C=O) groups is 2. The Labute approximate surface area is 162 Å². The summed E-state index contributed by atoms with van der Waals surface area (Å²) in [4.78, 5) is 23.3. The molecular formula is C19H20ClN3O4. The summed E-state index contributed by atoms with van der Waals surface area (Å²) < 4.78 is 10.7. The maximum atomic E-state index is 12.2. The maximum Gasteiger partial charge on any atom is 0.271 e. The first-order chi connectivity index (χ1) is 12.9. The van der Waals surface area contributed by atoms with Crippen LogP contribution >= 0.6 is 11.6 Å². The number of hydrazone groups is 1. The van der Waals surface area contributed by atoms with E-state index in [4.69, 9.17) is 21.1 Å². The molecule has 0 unspecified atom stereocenters. The van der Waals surface area contributed by atoms with Crippen LogP contribution in [0.5, 0.6) is 11.5 Å². The Hall–Kier alpha value is -3.06. The molecule has 0 fully saturated rings. The number of carbonyl (C=O) groups excluding carboxylic acids is 2. The zero-order valence-corrected chi connectivity index (χ0v) is 16.0. The highest BCUT2D eigenvalue weighted by molar-refractivity contribution is 6.32. The second-order valence-corrected chi connectivity index (χ2v) is 5.84. The van der Waals surface area contributed by atoms with Crippen molar-refractivity contribution in [1.82, 2.24) is 5.43 Å². The van der Waals surface area contributed by atoms with Gasteiger partial charge in [0.05, 0.1) is 25.0 Å². The maximum absolute atomic E-state index is 12.2. The molecule has 0 saturated carbocycles. The zero-order valence-electron chi connectivity index (χ0n) is 15.2. The number of nitrogens with zero attached hydrogens (tertiary/aromatic N) is 1. The van der Waals surface area contributed by atoms with Gasteiger partial charge >= 0.3 is 0 Å². The minimum absolute atomic E-state index is 0.216. The van der Waals surface area contributed by atoms with E-state index in [9.17, 15) is 9.59 Å². The van der Waals surface area contributed by atoms with E-state index in [0.29, 0.717) is 39.9 Å². The van der Waals surface area contributed by atoms with Gasteiger partial charge in [0.25, 0.3) is 5.91 Å². The molecule has 0 aliphatic rings. The Balaban J connectivity index is 2.11. The molecule has 142 valence electrons. The highest BCUT2D eigenvalue weighted by atomic mass is 35.5. The van der Waals surface area contributed by atoms with Gasteiger partial charge in [-0.05, 0) is 42.8 Å². The van der Waals surface area contributed by atoms with Gasteiger partial charge in [-0.1, -0.05) is 17.7 Å². The van der Waals surface area contributed by atoms with Crippen molar-refractivity contribution in [3.05, 3.63) is 52.5 Å². The minimum atomic E-state index is -0.414. The second kappa shape index (κ2) is 9.59. The molecule has 0 spiro atoms. The van der Waals surface area contributed by atoms with E-state index in [-0.39, 0.29) is 5.91 Å². The Morgan fingerprint density at radius 3 is 2.70 bits per heavy atom. The lowest BCUT2D eigenvalue weighted by molar-refractivity contribution is -0.114. The SMILES string of the molecule is CCOc1cc(C=NNC(=O)c2cccc(NC(C)=O)c2)cc(Cl)c1OC. The summed E-state index contributed by atoms with van der Waals surface area (Å²) in [6, 6.07) is 9.89. The van der Waals surface area contributed by atoms with Gasteiger partial charge < -0.3 is 14.8 Å². The van der Waals surface area contributed by atoms with Crippen molar-refractivity contribution < 1.29 is 19.1 Å². The molecule has 0 heterocycles. The smallest absolute Gasteiger partial charge is 0.271 e. The zero-order chi connectivity index (χ0) is 19.8. The Kier molecular flexibility index (Phi) is 7.19. The number of benzene rings is 2. The monoisotopic (exact) mass is 389 g/mol. The molecule has 0 atom stereocenters. The Morgan fingerprint density at radius 2 is 2.04 bits per heavy atom. The third-order valence-corrected chi connectivity index (χ3v) is 3.64. The predicted molar refractivity (Wildman–Crippen MR) is 105 cm³/mol. The number of ether oxygens (including phenoxy) is 2. The second-order valence-electron chi connectivity index (χ2n) is 5.43. The standard InChI is InChI=1S/C19H20ClN3O4/c1-4-27-17-9-13(8-16(20)18(17)26-3)11-21-23-19(25)14-6-5-7-15(10-14)22-12(2)24/h5-11H,4H2,1-3H3,(H,22,24)(H,23,25). The van der Waals surface area contributed by atoms with Crippen molar-refractivity contribution in [2.75, 3.05) is 19.0 Å². The van der Waals surface area contributed by atoms with Crippen LogP contribution in [0.15, 0.2) is 41.5 Å². The van der Waals surface area contributed by atoms with Crippen LogP contribution in [-0.4, -0.2) is 31.7 Å². The molecule has 0 aromatic heterocycles. The van der Waals surface area contributed by atoms with Crippen LogP contribution in [0.25, 0.3) is 0 Å². The quantitative estimate of drug-likeness (QED) is 0.560. The van der Waals surface area contributed by atoms with Gasteiger partial charge in [0.15, 0.2) is 11.5 Å². The number of methoxy groups -OCH3 is 1. The number of hydrogen-bond acceptors (Lipinski definition) is 5. The number of hydrogen-bond donors (Lipinski definition) is 2. The first kappa shape index (κ1) is 20.3. The molecule has 27 heavy (non-hydrogen) atoms. The van der Waals surface area contributed by atoms with Crippen molar-refractivity contribution in [1.29, 1.82) is 0 Å². The summed E-state index contributed by atoms with van der Waals surface area (Å²) in [5.74, 6) is 0.299. The first-order valence-electron chi connectivity index (χ1n) is 8.16. The van der Waals surface area contributed by atoms with Gasteiger partial charge in [0.2, 0.25) is 5.91 Å². The minimum Gasteiger partial charge on any atom is -0.491 e. The van der Waals surface area contributed by atoms with Crippen LogP contribution in [0.3, 0.4) is 0 Å². The summed E-state index contributed by atoms with van der Waals surface area (Å²) >= 11 is 6.18. The fourth-order valence-electron chi connectivity index (χ4n) is 2.29. The molecule has 7 nitrogen and oxygen atoms in total. The summed E-state index contributed by atoms with van der Waals surface area (Å²) in [5.41, 5.74) is 3.96. The molecule has 0 aliphatic heterocycles. The fraction of sp³-hybridized carbons (Fsp3) is 0.211.